The van der Waals surface area contributed by atoms with E-state index < -0.39 is 0 Å². The first kappa shape index (κ1) is 17.3. The number of benzene rings is 1. The molecule has 1 aliphatic carbocycles. The number of phenolic OH excluding ortho intramolecular Hbond substituents is 1. The maximum atomic E-state index is 10.2. The summed E-state index contributed by atoms with van der Waals surface area (Å²) < 4.78 is 4.03. The maximum absolute atomic E-state index is 10.2. The summed E-state index contributed by atoms with van der Waals surface area (Å²) >= 11 is 9.65. The first-order valence-electron chi connectivity index (χ1n) is 7.46. The van der Waals surface area contributed by atoms with E-state index in [1.54, 1.807) is 10.9 Å². The van der Waals surface area contributed by atoms with E-state index in [2.05, 4.69) is 60.5 Å². The fraction of sp³-hybridized carbons (Fsp3) is 0.400. The highest BCUT2D eigenvalue weighted by Crippen LogP contribution is 2.31. The van der Waals surface area contributed by atoms with Crippen LogP contribution in [-0.2, 0) is 0 Å². The van der Waals surface area contributed by atoms with Crippen LogP contribution in [0.2, 0.25) is 0 Å². The summed E-state index contributed by atoms with van der Waals surface area (Å²) in [7, 11) is 0. The fourth-order valence-corrected chi connectivity index (χ4v) is 4.92. The Bertz CT molecular complexity index is 793. The first-order valence-corrected chi connectivity index (χ1v) is 10.0. The van der Waals surface area contributed by atoms with Gasteiger partial charge in [0.2, 0.25) is 4.77 Å². The number of hydrogen-bond acceptors (Lipinski definition) is 4. The van der Waals surface area contributed by atoms with Crippen LogP contribution in [0.4, 0.5) is 0 Å². The van der Waals surface area contributed by atoms with Gasteiger partial charge in [0, 0.05) is 15.1 Å². The third kappa shape index (κ3) is 3.95. The molecule has 3 rings (SSSR count). The Hall–Kier alpha value is -0.490. The summed E-state index contributed by atoms with van der Waals surface area (Å²) in [5, 5.41) is 21.9. The van der Waals surface area contributed by atoms with Gasteiger partial charge in [-0.1, -0.05) is 19.3 Å². The second-order valence-electron chi connectivity index (χ2n) is 5.60. The number of H-pyrrole nitrogens is 1. The molecule has 122 valence electrons. The number of nitrogens with one attached hydrogen (secondary N) is 1. The van der Waals surface area contributed by atoms with Crippen LogP contribution >= 0.6 is 57.4 Å². The van der Waals surface area contributed by atoms with Crippen LogP contribution in [0.15, 0.2) is 17.2 Å². The Labute approximate surface area is 166 Å². The summed E-state index contributed by atoms with van der Waals surface area (Å²) in [6.07, 6.45) is 7.65. The van der Waals surface area contributed by atoms with Gasteiger partial charge >= 0.3 is 0 Å². The Kier molecular flexibility index (Phi) is 5.73. The van der Waals surface area contributed by atoms with Crippen LogP contribution in [0.1, 0.15) is 49.4 Å². The molecule has 2 aromatic rings. The third-order valence-electron chi connectivity index (χ3n) is 4.02. The van der Waals surface area contributed by atoms with Crippen LogP contribution in [0, 0.1) is 11.9 Å². The van der Waals surface area contributed by atoms with E-state index in [4.69, 9.17) is 12.2 Å². The highest BCUT2D eigenvalue weighted by molar-refractivity contribution is 14.1. The summed E-state index contributed by atoms with van der Waals surface area (Å²) in [6, 6.07) is 3.82. The molecule has 0 aliphatic heterocycles. The number of nitrogens with zero attached hydrogens (tertiary/aromatic N) is 3. The zero-order valence-electron chi connectivity index (χ0n) is 12.3. The van der Waals surface area contributed by atoms with E-state index in [0.29, 0.717) is 16.3 Å². The molecule has 1 aromatic heterocycles. The van der Waals surface area contributed by atoms with Crippen molar-refractivity contribution in [2.45, 2.75) is 38.0 Å². The molecule has 0 saturated heterocycles. The summed E-state index contributed by atoms with van der Waals surface area (Å²) in [6.45, 7) is 0. The topological polar surface area (TPSA) is 66.2 Å². The molecule has 0 spiro atoms. The van der Waals surface area contributed by atoms with Gasteiger partial charge in [0.15, 0.2) is 5.82 Å². The molecule has 0 atom stereocenters. The number of phenols is 1. The van der Waals surface area contributed by atoms with Gasteiger partial charge in [-0.05, 0) is 82.4 Å². The quantitative estimate of drug-likeness (QED) is 0.326. The molecular formula is C15H16I2N4OS. The second-order valence-corrected chi connectivity index (χ2v) is 8.40. The molecule has 0 radical (unpaired) electrons. The number of halogens is 2. The van der Waals surface area contributed by atoms with E-state index in [0.717, 1.165) is 25.8 Å². The lowest BCUT2D eigenvalue weighted by molar-refractivity contribution is 0.419. The van der Waals surface area contributed by atoms with Gasteiger partial charge in [0.25, 0.3) is 0 Å². The van der Waals surface area contributed by atoms with Crippen molar-refractivity contribution in [3.05, 3.63) is 35.4 Å². The van der Waals surface area contributed by atoms with E-state index in [9.17, 15) is 5.11 Å². The molecule has 1 aromatic carbocycles. The highest BCUT2D eigenvalue weighted by atomic mass is 127. The van der Waals surface area contributed by atoms with E-state index in [-0.39, 0.29) is 5.75 Å². The van der Waals surface area contributed by atoms with Crippen LogP contribution in [0.25, 0.3) is 0 Å². The zero-order chi connectivity index (χ0) is 16.4. The first-order chi connectivity index (χ1) is 11.1. The fourth-order valence-electron chi connectivity index (χ4n) is 2.84. The number of rotatable bonds is 3. The summed E-state index contributed by atoms with van der Waals surface area (Å²) in [5.74, 6) is 1.54. The van der Waals surface area contributed by atoms with Crippen LogP contribution in [0.3, 0.4) is 0 Å². The van der Waals surface area contributed by atoms with Gasteiger partial charge in [0.1, 0.15) is 5.75 Å². The van der Waals surface area contributed by atoms with E-state index in [1.165, 1.54) is 19.3 Å². The Morgan fingerprint density at radius 2 is 2.04 bits per heavy atom. The SMILES string of the molecule is Oc1c(I)cc(I)cc1C=Nn1c(C2CCCCC2)n[nH]c1=S. The van der Waals surface area contributed by atoms with Crippen molar-refractivity contribution in [1.29, 1.82) is 0 Å². The minimum atomic E-state index is 0.240. The van der Waals surface area contributed by atoms with Gasteiger partial charge in [-0.25, -0.2) is 0 Å². The molecule has 2 N–H and O–H groups in total. The summed E-state index contributed by atoms with van der Waals surface area (Å²) in [4.78, 5) is 0. The van der Waals surface area contributed by atoms with Gasteiger partial charge in [-0.2, -0.15) is 14.9 Å². The molecule has 1 saturated carbocycles. The van der Waals surface area contributed by atoms with E-state index in [1.807, 2.05) is 12.1 Å². The smallest absolute Gasteiger partial charge is 0.216 e. The number of aromatic hydroxyl groups is 1. The Morgan fingerprint density at radius 3 is 2.78 bits per heavy atom. The molecule has 23 heavy (non-hydrogen) atoms. The van der Waals surface area contributed by atoms with Crippen molar-refractivity contribution in [1.82, 2.24) is 14.9 Å². The lowest BCUT2D eigenvalue weighted by Gasteiger charge is -2.19. The molecule has 0 bridgehead atoms. The van der Waals surface area contributed by atoms with Crippen molar-refractivity contribution >= 4 is 63.6 Å². The van der Waals surface area contributed by atoms with Crippen LogP contribution < -0.4 is 0 Å². The summed E-state index contributed by atoms with van der Waals surface area (Å²) in [5.41, 5.74) is 0.680. The lowest BCUT2D eigenvalue weighted by Crippen LogP contribution is -2.10. The van der Waals surface area contributed by atoms with Gasteiger partial charge in [0.05, 0.1) is 9.78 Å². The Morgan fingerprint density at radius 1 is 1.30 bits per heavy atom. The average molecular weight is 554 g/mol. The molecular weight excluding hydrogens is 538 g/mol. The van der Waals surface area contributed by atoms with Crippen molar-refractivity contribution in [3.63, 3.8) is 0 Å². The predicted molar refractivity (Wildman–Crippen MR) is 110 cm³/mol. The minimum Gasteiger partial charge on any atom is -0.506 e. The maximum Gasteiger partial charge on any atom is 0.216 e. The molecule has 8 heteroatoms. The standard InChI is InChI=1S/C15H16I2N4OS/c16-11-6-10(13(22)12(17)7-11)8-18-21-14(19-20-15(21)23)9-4-2-1-3-5-9/h6-9,22H,1-5H2,(H,20,23). The van der Waals surface area contributed by atoms with Crippen molar-refractivity contribution < 1.29 is 5.11 Å². The number of aromatic nitrogens is 3. The lowest BCUT2D eigenvalue weighted by atomic mass is 9.89. The minimum absolute atomic E-state index is 0.240. The average Bonchev–Trinajstić information content (AvgIpc) is 2.91. The molecule has 0 unspecified atom stereocenters. The molecule has 5 nitrogen and oxygen atoms in total. The van der Waals surface area contributed by atoms with Gasteiger partial charge < -0.3 is 5.11 Å². The van der Waals surface area contributed by atoms with Crippen molar-refractivity contribution in [2.24, 2.45) is 5.10 Å². The Balaban J connectivity index is 1.94. The van der Waals surface area contributed by atoms with Gasteiger partial charge in [-0.3, -0.25) is 5.10 Å². The van der Waals surface area contributed by atoms with Gasteiger partial charge in [-0.15, -0.1) is 0 Å². The zero-order valence-corrected chi connectivity index (χ0v) is 17.4. The molecule has 0 amide bonds. The number of hydrogen-bond donors (Lipinski definition) is 2. The van der Waals surface area contributed by atoms with Crippen molar-refractivity contribution in [3.8, 4) is 5.75 Å². The largest absolute Gasteiger partial charge is 0.506 e. The monoisotopic (exact) mass is 554 g/mol. The molecule has 1 heterocycles. The third-order valence-corrected chi connectivity index (χ3v) is 5.73. The normalized spacial score (nSPS) is 16.3. The van der Waals surface area contributed by atoms with E-state index >= 15 is 0 Å². The predicted octanol–water partition coefficient (Wildman–Crippen LogP) is 4.79. The van der Waals surface area contributed by atoms with Crippen molar-refractivity contribution in [2.75, 3.05) is 0 Å². The van der Waals surface area contributed by atoms with Crippen LogP contribution in [0.5, 0.6) is 5.75 Å². The molecule has 1 fully saturated rings. The molecule has 1 aliphatic rings. The van der Waals surface area contributed by atoms with Crippen LogP contribution in [-0.4, -0.2) is 26.2 Å². The second kappa shape index (κ2) is 7.60. The number of aromatic amines is 1. The highest BCUT2D eigenvalue weighted by Gasteiger charge is 2.21.